The fourth-order valence-electron chi connectivity index (χ4n) is 1.34. The third-order valence-corrected chi connectivity index (χ3v) is 2.10. The Labute approximate surface area is 92.5 Å². The third-order valence-electron chi connectivity index (χ3n) is 2.10. The molecule has 1 aromatic heterocycles. The van der Waals surface area contributed by atoms with Gasteiger partial charge in [-0.25, -0.2) is 17.6 Å². The van der Waals surface area contributed by atoms with Crippen LogP contribution in [0.2, 0.25) is 0 Å². The molecule has 0 radical (unpaired) electrons. The van der Waals surface area contributed by atoms with Gasteiger partial charge in [-0.1, -0.05) is 0 Å². The van der Waals surface area contributed by atoms with Crippen molar-refractivity contribution in [3.63, 3.8) is 0 Å². The summed E-state index contributed by atoms with van der Waals surface area (Å²) in [5, 5.41) is 0. The zero-order valence-electron chi connectivity index (χ0n) is 8.14. The zero-order valence-corrected chi connectivity index (χ0v) is 8.14. The number of benzene rings is 1. The first-order chi connectivity index (χ1) is 8.04. The summed E-state index contributed by atoms with van der Waals surface area (Å²) in [5.74, 6) is -6.89. The van der Waals surface area contributed by atoms with Crippen molar-refractivity contribution >= 4 is 6.29 Å². The molecule has 0 aliphatic rings. The monoisotopic (exact) mass is 244 g/mol. The second-order valence-corrected chi connectivity index (χ2v) is 3.16. The fourth-order valence-corrected chi connectivity index (χ4v) is 1.34. The minimum atomic E-state index is -1.57. The lowest BCUT2D eigenvalue weighted by atomic mass is 10.1. The van der Waals surface area contributed by atoms with Crippen LogP contribution in [-0.2, 0) is 0 Å². The molecule has 2 rings (SSSR count). The van der Waals surface area contributed by atoms with Gasteiger partial charge in [-0.15, -0.1) is 0 Å². The van der Waals surface area contributed by atoms with Crippen LogP contribution in [0.15, 0.2) is 22.6 Å². The van der Waals surface area contributed by atoms with Crippen LogP contribution in [0.1, 0.15) is 10.6 Å². The molecule has 1 aromatic carbocycles. The van der Waals surface area contributed by atoms with E-state index in [-0.39, 0.29) is 11.8 Å². The van der Waals surface area contributed by atoms with E-state index in [9.17, 15) is 22.4 Å². The molecule has 1 heterocycles. The van der Waals surface area contributed by atoms with Crippen LogP contribution in [0, 0.1) is 23.3 Å². The number of hydrogen-bond donors (Lipinski definition) is 0. The summed E-state index contributed by atoms with van der Waals surface area (Å²) < 4.78 is 57.1. The normalized spacial score (nSPS) is 10.6. The summed E-state index contributed by atoms with van der Waals surface area (Å²) in [6.45, 7) is 0. The van der Waals surface area contributed by atoms with E-state index in [1.807, 2.05) is 0 Å². The van der Waals surface area contributed by atoms with Gasteiger partial charge in [0.1, 0.15) is 5.76 Å². The highest BCUT2D eigenvalue weighted by Crippen LogP contribution is 2.30. The molecule has 0 N–H and O–H groups in total. The Bertz CT molecular complexity index is 563. The SMILES string of the molecule is O=Cc1ccc(-c2c(F)c(F)cc(F)c2F)o1. The molecule has 0 saturated heterocycles. The van der Waals surface area contributed by atoms with Crippen LogP contribution in [-0.4, -0.2) is 6.29 Å². The minimum Gasteiger partial charge on any atom is -0.453 e. The Morgan fingerprint density at radius 2 is 1.59 bits per heavy atom. The maximum atomic E-state index is 13.3. The highest BCUT2D eigenvalue weighted by Gasteiger charge is 2.22. The van der Waals surface area contributed by atoms with Crippen molar-refractivity contribution in [2.24, 2.45) is 0 Å². The van der Waals surface area contributed by atoms with E-state index >= 15 is 0 Å². The predicted molar refractivity (Wildman–Crippen MR) is 49.4 cm³/mol. The quantitative estimate of drug-likeness (QED) is 0.461. The standard InChI is InChI=1S/C11H4F4O2/c12-6-3-7(13)11(15)9(10(6)14)8-2-1-5(4-16)17-8/h1-4H. The summed E-state index contributed by atoms with van der Waals surface area (Å²) in [7, 11) is 0. The number of aldehydes is 1. The number of furan rings is 1. The van der Waals surface area contributed by atoms with Gasteiger partial charge in [0.2, 0.25) is 0 Å². The summed E-state index contributed by atoms with van der Waals surface area (Å²) >= 11 is 0. The van der Waals surface area contributed by atoms with Crippen molar-refractivity contribution in [2.75, 3.05) is 0 Å². The zero-order chi connectivity index (χ0) is 12.6. The van der Waals surface area contributed by atoms with Crippen molar-refractivity contribution in [1.29, 1.82) is 0 Å². The van der Waals surface area contributed by atoms with Gasteiger partial charge in [0.15, 0.2) is 35.3 Å². The molecular formula is C11H4F4O2. The highest BCUT2D eigenvalue weighted by atomic mass is 19.2. The number of carbonyl (C=O) groups excluding carboxylic acids is 1. The van der Waals surface area contributed by atoms with Crippen molar-refractivity contribution in [3.05, 3.63) is 47.2 Å². The Hall–Kier alpha value is -2.11. The van der Waals surface area contributed by atoms with Gasteiger partial charge < -0.3 is 4.42 Å². The summed E-state index contributed by atoms with van der Waals surface area (Å²) in [5.41, 5.74) is -0.976. The molecule has 0 amide bonds. The number of rotatable bonds is 2. The third kappa shape index (κ3) is 1.82. The Morgan fingerprint density at radius 3 is 2.06 bits per heavy atom. The molecule has 0 bridgehead atoms. The van der Waals surface area contributed by atoms with Crippen LogP contribution in [0.5, 0.6) is 0 Å². The first-order valence-electron chi connectivity index (χ1n) is 4.43. The van der Waals surface area contributed by atoms with E-state index in [1.54, 1.807) is 0 Å². The largest absolute Gasteiger partial charge is 0.453 e. The maximum Gasteiger partial charge on any atom is 0.185 e. The summed E-state index contributed by atoms with van der Waals surface area (Å²) in [6, 6.07) is 2.27. The van der Waals surface area contributed by atoms with Crippen LogP contribution in [0.25, 0.3) is 11.3 Å². The topological polar surface area (TPSA) is 30.2 Å². The fraction of sp³-hybridized carbons (Fsp3) is 0. The summed E-state index contributed by atoms with van der Waals surface area (Å²) in [4.78, 5) is 10.3. The molecule has 0 spiro atoms. The van der Waals surface area contributed by atoms with Crippen molar-refractivity contribution < 1.29 is 26.8 Å². The van der Waals surface area contributed by atoms with E-state index in [1.165, 1.54) is 0 Å². The molecule has 6 heteroatoms. The van der Waals surface area contributed by atoms with Gasteiger partial charge in [-0.3, -0.25) is 4.79 Å². The molecule has 2 aromatic rings. The Morgan fingerprint density at radius 1 is 1.00 bits per heavy atom. The number of halogens is 4. The Kier molecular flexibility index (Phi) is 2.71. The lowest BCUT2D eigenvalue weighted by molar-refractivity contribution is 0.110. The van der Waals surface area contributed by atoms with E-state index in [2.05, 4.69) is 0 Å². The highest BCUT2D eigenvalue weighted by molar-refractivity contribution is 5.73. The molecule has 0 aliphatic carbocycles. The lowest BCUT2D eigenvalue weighted by Gasteiger charge is -2.03. The Balaban J connectivity index is 2.69. The molecule has 17 heavy (non-hydrogen) atoms. The van der Waals surface area contributed by atoms with Crippen LogP contribution < -0.4 is 0 Å². The number of carbonyl (C=O) groups is 1. The van der Waals surface area contributed by atoms with E-state index < -0.39 is 34.6 Å². The van der Waals surface area contributed by atoms with E-state index in [0.717, 1.165) is 12.1 Å². The molecule has 88 valence electrons. The summed E-state index contributed by atoms with van der Waals surface area (Å²) in [6.07, 6.45) is 0.301. The molecule has 0 fully saturated rings. The van der Waals surface area contributed by atoms with Gasteiger partial charge in [-0.2, -0.15) is 0 Å². The lowest BCUT2D eigenvalue weighted by Crippen LogP contribution is -1.97. The molecule has 0 unspecified atom stereocenters. The van der Waals surface area contributed by atoms with E-state index in [4.69, 9.17) is 4.42 Å². The molecule has 0 aliphatic heterocycles. The van der Waals surface area contributed by atoms with Crippen molar-refractivity contribution in [1.82, 2.24) is 0 Å². The minimum absolute atomic E-state index is 0.0950. The van der Waals surface area contributed by atoms with Crippen LogP contribution in [0.3, 0.4) is 0 Å². The van der Waals surface area contributed by atoms with Gasteiger partial charge in [0.05, 0.1) is 5.56 Å². The van der Waals surface area contributed by atoms with Gasteiger partial charge >= 0.3 is 0 Å². The van der Waals surface area contributed by atoms with Gasteiger partial charge in [0, 0.05) is 6.07 Å². The van der Waals surface area contributed by atoms with E-state index in [0.29, 0.717) is 6.29 Å². The first kappa shape index (κ1) is 11.4. The first-order valence-corrected chi connectivity index (χ1v) is 4.43. The maximum absolute atomic E-state index is 13.3. The molecule has 0 atom stereocenters. The van der Waals surface area contributed by atoms with Crippen LogP contribution in [0.4, 0.5) is 17.6 Å². The van der Waals surface area contributed by atoms with Crippen LogP contribution >= 0.6 is 0 Å². The predicted octanol–water partition coefficient (Wildman–Crippen LogP) is 3.32. The smallest absolute Gasteiger partial charge is 0.185 e. The average Bonchev–Trinajstić information content (AvgIpc) is 2.75. The molecule has 0 saturated carbocycles. The second kappa shape index (κ2) is 4.04. The van der Waals surface area contributed by atoms with Crippen molar-refractivity contribution in [3.8, 4) is 11.3 Å². The number of hydrogen-bond acceptors (Lipinski definition) is 2. The second-order valence-electron chi connectivity index (χ2n) is 3.16. The molecule has 2 nitrogen and oxygen atoms in total. The molecular weight excluding hydrogens is 240 g/mol. The van der Waals surface area contributed by atoms with Gasteiger partial charge in [0.25, 0.3) is 0 Å². The van der Waals surface area contributed by atoms with Gasteiger partial charge in [-0.05, 0) is 12.1 Å². The average molecular weight is 244 g/mol. The van der Waals surface area contributed by atoms with Crippen molar-refractivity contribution in [2.45, 2.75) is 0 Å².